The molecule has 1 aliphatic rings. The van der Waals surface area contributed by atoms with Crippen molar-refractivity contribution in [3.63, 3.8) is 0 Å². The molecule has 0 radical (unpaired) electrons. The molecule has 6 heteroatoms. The Morgan fingerprint density at radius 2 is 1.82 bits per heavy atom. The van der Waals surface area contributed by atoms with Crippen LogP contribution in [0.5, 0.6) is 11.5 Å². The number of hydrogen-bond donors (Lipinski definition) is 1. The van der Waals surface area contributed by atoms with E-state index in [1.807, 2.05) is 48.5 Å². The Bertz CT molecular complexity index is 786. The molecule has 0 saturated heterocycles. The van der Waals surface area contributed by atoms with E-state index < -0.39 is 0 Å². The fraction of sp³-hybridized carbons (Fsp3) is 0.125. The molecule has 0 bridgehead atoms. The summed E-state index contributed by atoms with van der Waals surface area (Å²) in [6.45, 7) is 0.268. The average molecular weight is 295 g/mol. The number of ether oxygens (including phenoxy) is 2. The number of fused-ring (bicyclic) bond motifs is 1. The maximum atomic E-state index is 5.61. The number of benzene rings is 2. The van der Waals surface area contributed by atoms with Crippen LogP contribution in [0.15, 0.2) is 52.9 Å². The molecule has 110 valence electrons. The Kier molecular flexibility index (Phi) is 3.12. The molecule has 6 nitrogen and oxygen atoms in total. The highest BCUT2D eigenvalue weighted by atomic mass is 16.7. The first-order valence-electron chi connectivity index (χ1n) is 6.90. The van der Waals surface area contributed by atoms with E-state index in [4.69, 9.17) is 13.9 Å². The van der Waals surface area contributed by atoms with Crippen molar-refractivity contribution in [2.24, 2.45) is 0 Å². The molecule has 22 heavy (non-hydrogen) atoms. The van der Waals surface area contributed by atoms with Gasteiger partial charge in [0.25, 0.3) is 0 Å². The zero-order valence-electron chi connectivity index (χ0n) is 11.7. The highest BCUT2D eigenvalue weighted by Crippen LogP contribution is 2.33. The van der Waals surface area contributed by atoms with Crippen molar-refractivity contribution in [2.45, 2.75) is 6.42 Å². The van der Waals surface area contributed by atoms with Gasteiger partial charge >= 0.3 is 6.01 Å². The summed E-state index contributed by atoms with van der Waals surface area (Å²) in [5, 5.41) is 11.1. The van der Waals surface area contributed by atoms with Gasteiger partial charge in [0.15, 0.2) is 11.5 Å². The summed E-state index contributed by atoms with van der Waals surface area (Å²) in [4.78, 5) is 0. The van der Waals surface area contributed by atoms with Crippen LogP contribution < -0.4 is 14.8 Å². The van der Waals surface area contributed by atoms with Gasteiger partial charge < -0.3 is 19.2 Å². The minimum Gasteiger partial charge on any atom is -0.454 e. The first-order valence-corrected chi connectivity index (χ1v) is 6.90. The van der Waals surface area contributed by atoms with E-state index in [-0.39, 0.29) is 6.79 Å². The summed E-state index contributed by atoms with van der Waals surface area (Å²) in [5.41, 5.74) is 1.93. The normalized spacial score (nSPS) is 12.4. The zero-order chi connectivity index (χ0) is 14.8. The van der Waals surface area contributed by atoms with Gasteiger partial charge in [-0.15, -0.1) is 5.10 Å². The van der Waals surface area contributed by atoms with Crippen LogP contribution in [-0.2, 0) is 6.42 Å². The predicted molar refractivity (Wildman–Crippen MR) is 79.4 cm³/mol. The maximum Gasteiger partial charge on any atom is 0.320 e. The summed E-state index contributed by atoms with van der Waals surface area (Å²) < 4.78 is 16.3. The Hall–Kier alpha value is -3.02. The lowest BCUT2D eigenvalue weighted by Gasteiger charge is -2.00. The van der Waals surface area contributed by atoms with E-state index in [1.165, 1.54) is 0 Å². The highest BCUT2D eigenvalue weighted by molar-refractivity contribution is 5.51. The summed E-state index contributed by atoms with van der Waals surface area (Å²) in [5.74, 6) is 2.05. The molecule has 1 aliphatic heterocycles. The largest absolute Gasteiger partial charge is 0.454 e. The lowest BCUT2D eigenvalue weighted by Crippen LogP contribution is -1.93. The molecule has 3 aromatic rings. The molecule has 0 spiro atoms. The highest BCUT2D eigenvalue weighted by Gasteiger charge is 2.14. The first kappa shape index (κ1) is 12.7. The number of aromatic nitrogens is 2. The van der Waals surface area contributed by atoms with Gasteiger partial charge in [-0.1, -0.05) is 29.4 Å². The Morgan fingerprint density at radius 1 is 0.955 bits per heavy atom. The lowest BCUT2D eigenvalue weighted by molar-refractivity contribution is 0.174. The van der Waals surface area contributed by atoms with Gasteiger partial charge in [-0.3, -0.25) is 0 Å². The van der Waals surface area contributed by atoms with E-state index >= 15 is 0 Å². The molecule has 0 atom stereocenters. The van der Waals surface area contributed by atoms with Crippen LogP contribution in [-0.4, -0.2) is 17.0 Å². The monoisotopic (exact) mass is 295 g/mol. The van der Waals surface area contributed by atoms with Crippen LogP contribution >= 0.6 is 0 Å². The topological polar surface area (TPSA) is 69.4 Å². The van der Waals surface area contributed by atoms with Crippen LogP contribution in [0.4, 0.5) is 11.7 Å². The van der Waals surface area contributed by atoms with Crippen LogP contribution in [0, 0.1) is 0 Å². The molecule has 0 fully saturated rings. The molecular weight excluding hydrogens is 282 g/mol. The van der Waals surface area contributed by atoms with Gasteiger partial charge in [-0.25, -0.2) is 0 Å². The number of nitrogens with zero attached hydrogens (tertiary/aromatic N) is 2. The number of hydrogen-bond acceptors (Lipinski definition) is 6. The van der Waals surface area contributed by atoms with Crippen molar-refractivity contribution in [2.75, 3.05) is 12.1 Å². The third-order valence-electron chi connectivity index (χ3n) is 3.28. The molecule has 0 amide bonds. The molecule has 2 heterocycles. The fourth-order valence-electron chi connectivity index (χ4n) is 2.25. The van der Waals surface area contributed by atoms with Crippen LogP contribution in [0.3, 0.4) is 0 Å². The minimum absolute atomic E-state index is 0.268. The van der Waals surface area contributed by atoms with Crippen molar-refractivity contribution in [1.29, 1.82) is 0 Å². The minimum atomic E-state index is 0.268. The number of nitrogens with one attached hydrogen (secondary N) is 1. The van der Waals surface area contributed by atoms with Gasteiger partial charge in [-0.2, -0.15) is 0 Å². The molecule has 4 rings (SSSR count). The SMILES string of the molecule is c1ccc(Nc2nnc(Cc3ccc4c(c3)OCO4)o2)cc1. The number of para-hydroxylation sites is 1. The van der Waals surface area contributed by atoms with Crippen molar-refractivity contribution in [1.82, 2.24) is 10.2 Å². The second-order valence-corrected chi connectivity index (χ2v) is 4.86. The summed E-state index contributed by atoms with van der Waals surface area (Å²) in [7, 11) is 0. The van der Waals surface area contributed by atoms with Gasteiger partial charge in [0.1, 0.15) is 0 Å². The van der Waals surface area contributed by atoms with E-state index in [9.17, 15) is 0 Å². The molecule has 1 aromatic heterocycles. The number of anilines is 2. The van der Waals surface area contributed by atoms with Gasteiger partial charge in [0.2, 0.25) is 12.7 Å². The lowest BCUT2D eigenvalue weighted by atomic mass is 10.1. The van der Waals surface area contributed by atoms with Gasteiger partial charge in [0, 0.05) is 5.69 Å². The first-order chi connectivity index (χ1) is 10.9. The summed E-state index contributed by atoms with van der Waals surface area (Å²) >= 11 is 0. The number of rotatable bonds is 4. The average Bonchev–Trinajstić information content (AvgIpc) is 3.17. The zero-order valence-corrected chi connectivity index (χ0v) is 11.7. The second kappa shape index (κ2) is 5.40. The Balaban J connectivity index is 1.48. The Morgan fingerprint density at radius 3 is 2.73 bits per heavy atom. The van der Waals surface area contributed by atoms with Crippen molar-refractivity contribution in [3.8, 4) is 11.5 Å². The van der Waals surface area contributed by atoms with Gasteiger partial charge in [-0.05, 0) is 29.8 Å². The summed E-state index contributed by atoms with van der Waals surface area (Å²) in [6, 6.07) is 15.8. The van der Waals surface area contributed by atoms with Crippen molar-refractivity contribution < 1.29 is 13.9 Å². The van der Waals surface area contributed by atoms with E-state index in [2.05, 4.69) is 15.5 Å². The third-order valence-corrected chi connectivity index (χ3v) is 3.28. The quantitative estimate of drug-likeness (QED) is 0.797. The van der Waals surface area contributed by atoms with Crippen LogP contribution in [0.1, 0.15) is 11.5 Å². The van der Waals surface area contributed by atoms with Crippen molar-refractivity contribution >= 4 is 11.7 Å². The van der Waals surface area contributed by atoms with E-state index in [0.29, 0.717) is 18.3 Å². The summed E-state index contributed by atoms with van der Waals surface area (Å²) in [6.07, 6.45) is 0.542. The third kappa shape index (κ3) is 2.58. The molecule has 0 saturated carbocycles. The molecule has 1 N–H and O–H groups in total. The fourth-order valence-corrected chi connectivity index (χ4v) is 2.25. The molecular formula is C16H13N3O3. The standard InChI is InChI=1S/C16H13N3O3/c1-2-4-12(5-3-1)17-16-19-18-15(22-16)9-11-6-7-13-14(8-11)21-10-20-13/h1-8H,9-10H2,(H,17,19). The van der Waals surface area contributed by atoms with E-state index in [0.717, 1.165) is 22.7 Å². The van der Waals surface area contributed by atoms with Crippen LogP contribution in [0.25, 0.3) is 0 Å². The Labute approximate surface area is 126 Å². The smallest absolute Gasteiger partial charge is 0.320 e. The van der Waals surface area contributed by atoms with Gasteiger partial charge in [0.05, 0.1) is 6.42 Å². The predicted octanol–water partition coefficient (Wildman–Crippen LogP) is 3.13. The molecule has 2 aromatic carbocycles. The second-order valence-electron chi connectivity index (χ2n) is 4.86. The molecule has 0 aliphatic carbocycles. The van der Waals surface area contributed by atoms with Crippen LogP contribution in [0.2, 0.25) is 0 Å². The molecule has 0 unspecified atom stereocenters. The van der Waals surface area contributed by atoms with E-state index in [1.54, 1.807) is 0 Å². The van der Waals surface area contributed by atoms with Crippen molar-refractivity contribution in [3.05, 3.63) is 60.0 Å². The maximum absolute atomic E-state index is 5.61.